The zero-order chi connectivity index (χ0) is 32.3. The summed E-state index contributed by atoms with van der Waals surface area (Å²) < 4.78 is 12.0. The lowest BCUT2D eigenvalue weighted by molar-refractivity contribution is -0.144. The Morgan fingerprint density at radius 2 is 1.80 bits per heavy atom. The van der Waals surface area contributed by atoms with Crippen LogP contribution in [-0.2, 0) is 16.1 Å². The summed E-state index contributed by atoms with van der Waals surface area (Å²) in [4.78, 5) is 45.5. The minimum absolute atomic E-state index is 0.0858. The Balaban J connectivity index is 1.27. The summed E-state index contributed by atoms with van der Waals surface area (Å²) in [5, 5.41) is 13.3. The maximum Gasteiger partial charge on any atom is 0.332 e. The molecule has 236 valence electrons. The number of nitrogens with zero attached hydrogens (tertiary/aromatic N) is 2. The lowest BCUT2D eigenvalue weighted by Crippen LogP contribution is -2.55. The number of hydrogen-bond acceptors (Lipinski definition) is 7. The van der Waals surface area contributed by atoms with Crippen LogP contribution < -0.4 is 25.6 Å². The fourth-order valence-electron chi connectivity index (χ4n) is 5.90. The van der Waals surface area contributed by atoms with Gasteiger partial charge in [-0.25, -0.2) is 20.0 Å². The van der Waals surface area contributed by atoms with Crippen LogP contribution in [0.3, 0.4) is 0 Å². The molecule has 4 aromatic rings. The van der Waals surface area contributed by atoms with Crippen LogP contribution in [0, 0.1) is 5.92 Å². The smallest absolute Gasteiger partial charge is 0.332 e. The number of aliphatic carboxylic acids is 1. The molecule has 2 fully saturated rings. The minimum atomic E-state index is -1.43. The Kier molecular flexibility index (Phi) is 8.58. The summed E-state index contributed by atoms with van der Waals surface area (Å²) in [5.74, 6) is -0.913. The monoisotopic (exact) mass is 621 g/mol. The van der Waals surface area contributed by atoms with Crippen molar-refractivity contribution in [3.8, 4) is 22.8 Å². The Hall–Kier alpha value is -5.42. The summed E-state index contributed by atoms with van der Waals surface area (Å²) >= 11 is 0. The van der Waals surface area contributed by atoms with Crippen LogP contribution in [0.25, 0.3) is 22.2 Å². The summed E-state index contributed by atoms with van der Waals surface area (Å²) in [5.41, 5.74) is 7.37. The van der Waals surface area contributed by atoms with Crippen molar-refractivity contribution >= 4 is 28.8 Å². The van der Waals surface area contributed by atoms with E-state index in [1.165, 1.54) is 11.0 Å². The van der Waals surface area contributed by atoms with Crippen LogP contribution >= 0.6 is 0 Å². The molecule has 11 heteroatoms. The SMILES string of the molecule is C=C[C@@H]1C[C@]1(NC(=O)[C@H]1C[C@@H](Oc2cc(-c3ccccc3)nc3cc(OC)ccc23)CN1C(=O)NNCc1ccccc1)C(=O)O. The number of carbonyl (C=O) groups excluding carboxylic acids is 2. The highest BCUT2D eigenvalue weighted by atomic mass is 16.5. The molecule has 1 saturated heterocycles. The molecule has 2 aliphatic rings. The van der Waals surface area contributed by atoms with Gasteiger partial charge in [-0.05, 0) is 24.1 Å². The third-order valence-electron chi connectivity index (χ3n) is 8.53. The van der Waals surface area contributed by atoms with Crippen LogP contribution in [-0.4, -0.2) is 64.2 Å². The van der Waals surface area contributed by atoms with Gasteiger partial charge >= 0.3 is 12.0 Å². The molecule has 11 nitrogen and oxygen atoms in total. The van der Waals surface area contributed by atoms with Gasteiger partial charge in [0.2, 0.25) is 5.91 Å². The zero-order valence-corrected chi connectivity index (χ0v) is 25.3. The second kappa shape index (κ2) is 12.9. The number of carboxylic acids is 1. The number of carbonyl (C=O) groups is 3. The third kappa shape index (κ3) is 6.22. The first-order valence-corrected chi connectivity index (χ1v) is 15.0. The fourth-order valence-corrected chi connectivity index (χ4v) is 5.90. The van der Waals surface area contributed by atoms with Crippen molar-refractivity contribution in [1.29, 1.82) is 0 Å². The van der Waals surface area contributed by atoms with Gasteiger partial charge < -0.3 is 24.8 Å². The maximum absolute atomic E-state index is 13.7. The van der Waals surface area contributed by atoms with E-state index in [2.05, 4.69) is 22.7 Å². The number of aromatic nitrogens is 1. The van der Waals surface area contributed by atoms with Crippen molar-refractivity contribution in [2.75, 3.05) is 13.7 Å². The van der Waals surface area contributed by atoms with Crippen molar-refractivity contribution in [3.63, 3.8) is 0 Å². The lowest BCUT2D eigenvalue weighted by Gasteiger charge is -2.25. The van der Waals surface area contributed by atoms with Crippen LogP contribution in [0.4, 0.5) is 4.79 Å². The molecule has 1 saturated carbocycles. The van der Waals surface area contributed by atoms with Crippen molar-refractivity contribution in [2.24, 2.45) is 5.92 Å². The Labute approximate surface area is 266 Å². The van der Waals surface area contributed by atoms with Crippen molar-refractivity contribution < 1.29 is 29.0 Å². The molecule has 3 aromatic carbocycles. The predicted molar refractivity (Wildman–Crippen MR) is 172 cm³/mol. The molecule has 0 spiro atoms. The van der Waals surface area contributed by atoms with E-state index in [9.17, 15) is 19.5 Å². The van der Waals surface area contributed by atoms with E-state index in [0.717, 1.165) is 16.5 Å². The normalized spacial score (nSPS) is 21.8. The van der Waals surface area contributed by atoms with E-state index in [0.29, 0.717) is 29.3 Å². The van der Waals surface area contributed by atoms with Gasteiger partial charge in [-0.3, -0.25) is 10.2 Å². The molecule has 0 bridgehead atoms. The quantitative estimate of drug-likeness (QED) is 0.144. The van der Waals surface area contributed by atoms with Gasteiger partial charge in [0.05, 0.1) is 24.9 Å². The predicted octanol–water partition coefficient (Wildman–Crippen LogP) is 4.29. The Morgan fingerprint density at radius 1 is 1.07 bits per heavy atom. The molecule has 4 atom stereocenters. The van der Waals surface area contributed by atoms with Gasteiger partial charge in [-0.15, -0.1) is 6.58 Å². The fraction of sp³-hybridized carbons (Fsp3) is 0.257. The molecule has 1 aliphatic heterocycles. The first kappa shape index (κ1) is 30.6. The zero-order valence-electron chi connectivity index (χ0n) is 25.3. The topological polar surface area (TPSA) is 142 Å². The van der Waals surface area contributed by atoms with Gasteiger partial charge in [-0.1, -0.05) is 66.7 Å². The van der Waals surface area contributed by atoms with E-state index in [-0.39, 0.29) is 19.4 Å². The van der Waals surface area contributed by atoms with Crippen LogP contribution in [0.2, 0.25) is 0 Å². The molecule has 1 aliphatic carbocycles. The molecular weight excluding hydrogens is 586 g/mol. The highest BCUT2D eigenvalue weighted by Gasteiger charge is 2.61. The number of ether oxygens (including phenoxy) is 2. The van der Waals surface area contributed by atoms with Gasteiger partial charge in [0, 0.05) is 42.0 Å². The summed E-state index contributed by atoms with van der Waals surface area (Å²) in [6.45, 7) is 4.16. The molecule has 4 N–H and O–H groups in total. The molecule has 46 heavy (non-hydrogen) atoms. The van der Waals surface area contributed by atoms with Gasteiger partial charge in [0.15, 0.2) is 0 Å². The largest absolute Gasteiger partial charge is 0.497 e. The van der Waals surface area contributed by atoms with Crippen LogP contribution in [0.15, 0.2) is 97.6 Å². The molecular formula is C35H35N5O6. The standard InChI is InChI=1S/C35H35N5O6/c1-3-24-19-35(24,33(42)43)38-32(41)30-17-26(21-40(30)34(44)39-36-20-22-10-6-4-7-11-22)46-31-18-28(23-12-8-5-9-13-23)37-29-16-25(45-2)14-15-27(29)31/h3-16,18,24,26,30,36H,1,17,19-21H2,2H3,(H,38,41)(H,39,44)(H,42,43)/t24-,26-,30-,35-/m1/s1. The molecule has 0 unspecified atom stereocenters. The Morgan fingerprint density at radius 3 is 2.48 bits per heavy atom. The van der Waals surface area contributed by atoms with Gasteiger partial charge in [0.25, 0.3) is 0 Å². The van der Waals surface area contributed by atoms with Crippen molar-refractivity contribution in [1.82, 2.24) is 26.1 Å². The Bertz CT molecular complexity index is 1770. The second-order valence-corrected chi connectivity index (χ2v) is 11.5. The minimum Gasteiger partial charge on any atom is -0.497 e. The number of likely N-dealkylation sites (tertiary alicyclic amines) is 1. The van der Waals surface area contributed by atoms with Crippen molar-refractivity contribution in [3.05, 3.63) is 103 Å². The van der Waals surface area contributed by atoms with E-state index in [1.54, 1.807) is 7.11 Å². The summed E-state index contributed by atoms with van der Waals surface area (Å²) in [6, 6.07) is 25.1. The number of amides is 3. The second-order valence-electron chi connectivity index (χ2n) is 11.5. The number of urea groups is 1. The average molecular weight is 622 g/mol. The molecule has 0 radical (unpaired) electrons. The molecule has 1 aromatic heterocycles. The third-order valence-corrected chi connectivity index (χ3v) is 8.53. The maximum atomic E-state index is 13.7. The first-order valence-electron chi connectivity index (χ1n) is 15.0. The highest BCUT2D eigenvalue weighted by Crippen LogP contribution is 2.45. The molecule has 6 rings (SSSR count). The van der Waals surface area contributed by atoms with Crippen molar-refractivity contribution in [2.45, 2.75) is 37.1 Å². The van der Waals surface area contributed by atoms with Crippen LogP contribution in [0.1, 0.15) is 18.4 Å². The van der Waals surface area contributed by atoms with E-state index in [1.807, 2.05) is 84.9 Å². The van der Waals surface area contributed by atoms with E-state index in [4.69, 9.17) is 14.5 Å². The lowest BCUT2D eigenvalue weighted by atomic mass is 10.1. The van der Waals surface area contributed by atoms with E-state index < -0.39 is 41.5 Å². The first-order chi connectivity index (χ1) is 22.3. The van der Waals surface area contributed by atoms with Gasteiger partial charge in [-0.2, -0.15) is 0 Å². The number of fused-ring (bicyclic) bond motifs is 1. The number of benzene rings is 3. The highest BCUT2D eigenvalue weighted by molar-refractivity contribution is 5.95. The number of carboxylic acid groups (broad SMARTS) is 1. The number of nitrogens with one attached hydrogen (secondary N) is 3. The number of rotatable bonds is 11. The van der Waals surface area contributed by atoms with E-state index >= 15 is 0 Å². The summed E-state index contributed by atoms with van der Waals surface area (Å²) in [6.07, 6.45) is 1.33. The number of methoxy groups -OCH3 is 1. The summed E-state index contributed by atoms with van der Waals surface area (Å²) in [7, 11) is 1.59. The molecule has 2 heterocycles. The average Bonchev–Trinajstić information content (AvgIpc) is 3.64. The van der Waals surface area contributed by atoms with Crippen LogP contribution in [0.5, 0.6) is 11.5 Å². The van der Waals surface area contributed by atoms with Gasteiger partial charge in [0.1, 0.15) is 29.2 Å². The number of hydrogen-bond donors (Lipinski definition) is 4. The molecule has 3 amide bonds. The number of pyridine rings is 1. The number of hydrazine groups is 1.